The Morgan fingerprint density at radius 2 is 1.78 bits per heavy atom. The van der Waals surface area contributed by atoms with Gasteiger partial charge in [0.15, 0.2) is 0 Å². The van der Waals surface area contributed by atoms with Gasteiger partial charge in [-0.1, -0.05) is 0 Å². The average molecular weight is 338 g/mol. The Hall–Kier alpha value is -0.590. The smallest absolute Gasteiger partial charge is 0.146 e. The Morgan fingerprint density at radius 1 is 1.04 bits per heavy atom. The van der Waals surface area contributed by atoms with Crippen molar-refractivity contribution in [3.63, 3.8) is 0 Å². The minimum absolute atomic E-state index is 0.594. The van der Waals surface area contributed by atoms with Gasteiger partial charge < -0.3 is 9.47 Å². The van der Waals surface area contributed by atoms with E-state index in [4.69, 9.17) is 0 Å². The van der Waals surface area contributed by atoms with Crippen molar-refractivity contribution in [2.24, 2.45) is 7.05 Å². The maximum Gasteiger partial charge on any atom is 0.146 e. The highest BCUT2D eigenvalue weighted by Crippen LogP contribution is 2.27. The topological polar surface area (TPSA) is 37.2 Å². The van der Waals surface area contributed by atoms with Crippen molar-refractivity contribution in [2.45, 2.75) is 44.6 Å². The van der Waals surface area contributed by atoms with Crippen molar-refractivity contribution in [2.75, 3.05) is 44.7 Å². The summed E-state index contributed by atoms with van der Waals surface area (Å²) < 4.78 is 2.27. The molecule has 3 rings (SSSR count). The fourth-order valence-corrected chi connectivity index (χ4v) is 4.27. The number of hydrogen-bond donors (Lipinski definition) is 0. The van der Waals surface area contributed by atoms with E-state index in [-0.39, 0.29) is 0 Å². The van der Waals surface area contributed by atoms with Gasteiger partial charge in [0.05, 0.1) is 6.54 Å². The van der Waals surface area contributed by atoms with E-state index in [0.29, 0.717) is 5.92 Å². The van der Waals surface area contributed by atoms with E-state index < -0.39 is 0 Å². The maximum atomic E-state index is 4.55. The van der Waals surface area contributed by atoms with Crippen LogP contribution >= 0.6 is 11.8 Å². The van der Waals surface area contributed by atoms with Crippen LogP contribution in [0.15, 0.2) is 0 Å². The second-order valence-electron chi connectivity index (χ2n) is 6.98. The quantitative estimate of drug-likeness (QED) is 0.714. The lowest BCUT2D eigenvalue weighted by Crippen LogP contribution is -2.34. The molecule has 0 atom stereocenters. The number of thioether (sulfide) groups is 1. The Morgan fingerprint density at radius 3 is 2.48 bits per heavy atom. The van der Waals surface area contributed by atoms with Crippen LogP contribution in [0.2, 0.25) is 0 Å². The summed E-state index contributed by atoms with van der Waals surface area (Å²) in [5.74, 6) is 4.23. The molecule has 0 saturated carbocycles. The van der Waals surface area contributed by atoms with Crippen LogP contribution in [0.3, 0.4) is 0 Å². The molecule has 2 fully saturated rings. The fraction of sp³-hybridized carbons (Fsp3) is 0.882. The van der Waals surface area contributed by atoms with Gasteiger partial charge in [0, 0.05) is 13.0 Å². The van der Waals surface area contributed by atoms with Gasteiger partial charge in [-0.3, -0.25) is 4.90 Å². The number of piperidine rings is 1. The van der Waals surface area contributed by atoms with Gasteiger partial charge in [-0.15, -0.1) is 10.2 Å². The molecule has 3 heterocycles. The zero-order valence-electron chi connectivity index (χ0n) is 14.7. The number of hydrogen-bond acceptors (Lipinski definition) is 5. The molecule has 6 heteroatoms. The first kappa shape index (κ1) is 17.2. The largest absolute Gasteiger partial charge is 0.317 e. The van der Waals surface area contributed by atoms with Crippen LogP contribution in [-0.4, -0.2) is 69.3 Å². The normalized spacial score (nSPS) is 21.3. The van der Waals surface area contributed by atoms with Crippen LogP contribution in [0.5, 0.6) is 0 Å². The molecule has 1 aromatic heterocycles. The molecule has 5 nitrogen and oxygen atoms in total. The van der Waals surface area contributed by atoms with Crippen LogP contribution in [-0.2, 0) is 13.6 Å². The van der Waals surface area contributed by atoms with Gasteiger partial charge in [0.2, 0.25) is 0 Å². The number of likely N-dealkylation sites (tertiary alicyclic amines) is 2. The maximum absolute atomic E-state index is 4.55. The van der Waals surface area contributed by atoms with Gasteiger partial charge in [0.25, 0.3) is 0 Å². The van der Waals surface area contributed by atoms with E-state index in [1.807, 2.05) is 11.8 Å². The first-order chi connectivity index (χ1) is 11.3. The molecule has 0 N–H and O–H groups in total. The van der Waals surface area contributed by atoms with Gasteiger partial charge >= 0.3 is 0 Å². The molecule has 2 aliphatic heterocycles. The number of nitrogens with zero attached hydrogens (tertiary/aromatic N) is 5. The highest BCUT2D eigenvalue weighted by Gasteiger charge is 2.25. The van der Waals surface area contributed by atoms with E-state index in [1.165, 1.54) is 76.4 Å². The average Bonchev–Trinajstić information content (AvgIpc) is 3.20. The summed E-state index contributed by atoms with van der Waals surface area (Å²) in [6.07, 6.45) is 8.64. The van der Waals surface area contributed by atoms with Crippen molar-refractivity contribution >= 4 is 11.8 Å². The Bertz CT molecular complexity index is 475. The summed E-state index contributed by atoms with van der Waals surface area (Å²) in [6.45, 7) is 7.09. The summed E-state index contributed by atoms with van der Waals surface area (Å²) in [7, 11) is 2.16. The van der Waals surface area contributed by atoms with Gasteiger partial charge in [-0.2, -0.15) is 11.8 Å². The summed E-state index contributed by atoms with van der Waals surface area (Å²) in [5, 5.41) is 9.04. The summed E-state index contributed by atoms with van der Waals surface area (Å²) in [4.78, 5) is 5.12. The highest BCUT2D eigenvalue weighted by atomic mass is 32.2. The molecule has 0 amide bonds. The van der Waals surface area contributed by atoms with Crippen LogP contribution in [0.25, 0.3) is 0 Å². The van der Waals surface area contributed by atoms with E-state index >= 15 is 0 Å². The predicted molar refractivity (Wildman–Crippen MR) is 96.9 cm³/mol. The van der Waals surface area contributed by atoms with E-state index in [1.54, 1.807) is 0 Å². The highest BCUT2D eigenvalue weighted by molar-refractivity contribution is 7.98. The molecule has 130 valence electrons. The van der Waals surface area contributed by atoms with Gasteiger partial charge in [-0.25, -0.2) is 0 Å². The molecule has 0 spiro atoms. The third-order valence-corrected chi connectivity index (χ3v) is 6.03. The third-order valence-electron chi connectivity index (χ3n) is 5.34. The second kappa shape index (κ2) is 8.49. The molecular formula is C17H31N5S. The molecule has 2 saturated heterocycles. The first-order valence-corrected chi connectivity index (χ1v) is 10.5. The molecule has 2 aliphatic rings. The predicted octanol–water partition coefficient (Wildman–Crippen LogP) is 2.34. The lowest BCUT2D eigenvalue weighted by Gasteiger charge is -2.31. The van der Waals surface area contributed by atoms with Gasteiger partial charge in [-0.05, 0) is 76.8 Å². The van der Waals surface area contributed by atoms with Crippen molar-refractivity contribution in [3.8, 4) is 0 Å². The molecule has 0 aliphatic carbocycles. The molecule has 0 radical (unpaired) electrons. The van der Waals surface area contributed by atoms with Crippen molar-refractivity contribution in [3.05, 3.63) is 11.6 Å². The minimum Gasteiger partial charge on any atom is -0.317 e. The Labute approximate surface area is 144 Å². The lowest BCUT2D eigenvalue weighted by atomic mass is 9.96. The standard InChI is InChI=1S/C17H31N5S/c1-20-16(14-22-8-3-4-9-22)18-19-17(20)15-6-11-21(12-7-15)10-5-13-23-2/h15H,3-14H2,1-2H3. The zero-order chi connectivity index (χ0) is 16.1. The zero-order valence-corrected chi connectivity index (χ0v) is 15.5. The monoisotopic (exact) mass is 337 g/mol. The first-order valence-electron chi connectivity index (χ1n) is 9.09. The fourth-order valence-electron chi connectivity index (χ4n) is 3.86. The molecular weight excluding hydrogens is 306 g/mol. The molecule has 0 bridgehead atoms. The third kappa shape index (κ3) is 4.48. The number of rotatable bonds is 7. The SMILES string of the molecule is CSCCCN1CCC(c2nnc(CN3CCCC3)n2C)CC1. The number of aromatic nitrogens is 3. The van der Waals surface area contributed by atoms with Crippen molar-refractivity contribution in [1.29, 1.82) is 0 Å². The molecule has 0 unspecified atom stereocenters. The van der Waals surface area contributed by atoms with Crippen LogP contribution in [0.1, 0.15) is 49.7 Å². The molecule has 1 aromatic rings. The minimum atomic E-state index is 0.594. The van der Waals surface area contributed by atoms with Crippen molar-refractivity contribution < 1.29 is 0 Å². The second-order valence-corrected chi connectivity index (χ2v) is 7.96. The van der Waals surface area contributed by atoms with Crippen LogP contribution in [0.4, 0.5) is 0 Å². The lowest BCUT2D eigenvalue weighted by molar-refractivity contribution is 0.208. The van der Waals surface area contributed by atoms with E-state index in [9.17, 15) is 0 Å². The van der Waals surface area contributed by atoms with Crippen LogP contribution < -0.4 is 0 Å². The summed E-state index contributed by atoms with van der Waals surface area (Å²) >= 11 is 1.95. The molecule has 23 heavy (non-hydrogen) atoms. The van der Waals surface area contributed by atoms with E-state index in [2.05, 4.69) is 37.9 Å². The van der Waals surface area contributed by atoms with Crippen LogP contribution in [0, 0.1) is 0 Å². The van der Waals surface area contributed by atoms with Crippen molar-refractivity contribution in [1.82, 2.24) is 24.6 Å². The Balaban J connectivity index is 1.51. The van der Waals surface area contributed by atoms with E-state index in [0.717, 1.165) is 12.4 Å². The summed E-state index contributed by atoms with van der Waals surface area (Å²) in [6, 6.07) is 0. The molecule has 0 aromatic carbocycles. The van der Waals surface area contributed by atoms with Gasteiger partial charge in [0.1, 0.15) is 11.6 Å². The Kier molecular flexibility index (Phi) is 6.36. The summed E-state index contributed by atoms with van der Waals surface area (Å²) in [5.41, 5.74) is 0.